The van der Waals surface area contributed by atoms with Gasteiger partial charge in [0.15, 0.2) is 0 Å². The lowest BCUT2D eigenvalue weighted by atomic mass is 10.1. The quantitative estimate of drug-likeness (QED) is 0.933. The maximum atomic E-state index is 13.9. The average molecular weight is 341 g/mol. The van der Waals surface area contributed by atoms with Crippen LogP contribution < -0.4 is 10.2 Å². The lowest BCUT2D eigenvalue weighted by Crippen LogP contribution is -2.27. The monoisotopic (exact) mass is 341 g/mol. The molecule has 25 heavy (non-hydrogen) atoms. The number of fused-ring (bicyclic) bond motifs is 1. The first-order chi connectivity index (χ1) is 12.2. The number of hydrogen-bond acceptors (Lipinski definition) is 4. The van der Waals surface area contributed by atoms with Gasteiger partial charge in [-0.1, -0.05) is 12.1 Å². The molecule has 1 aromatic carbocycles. The van der Waals surface area contributed by atoms with E-state index in [1.807, 2.05) is 17.0 Å². The Kier molecular flexibility index (Phi) is 4.36. The molecule has 4 rings (SSSR count). The molecule has 1 N–H and O–H groups in total. The molecule has 0 saturated carbocycles. The molecule has 1 amide bonds. The summed E-state index contributed by atoms with van der Waals surface area (Å²) < 4.78 is 19.3. The zero-order valence-corrected chi connectivity index (χ0v) is 13.9. The summed E-state index contributed by atoms with van der Waals surface area (Å²) in [6.07, 6.45) is 3.22. The molecule has 1 saturated heterocycles. The number of para-hydroxylation sites is 1. The minimum Gasteiger partial charge on any atom is -0.376 e. The van der Waals surface area contributed by atoms with Crippen LogP contribution in [0.4, 0.5) is 15.8 Å². The molecule has 1 atom stereocenters. The number of carbonyl (C=O) groups excluding carboxylic acids is 1. The molecule has 0 radical (unpaired) electrons. The summed E-state index contributed by atoms with van der Waals surface area (Å²) in [5, 5.41) is 2.94. The number of nitrogens with zero attached hydrogens (tertiary/aromatic N) is 2. The molecule has 1 unspecified atom stereocenters. The van der Waals surface area contributed by atoms with Crippen molar-refractivity contribution in [2.45, 2.75) is 19.4 Å². The highest BCUT2D eigenvalue weighted by atomic mass is 19.1. The van der Waals surface area contributed by atoms with Gasteiger partial charge in [0.1, 0.15) is 5.82 Å². The molecule has 6 heteroatoms. The topological polar surface area (TPSA) is 54.5 Å². The predicted octanol–water partition coefficient (Wildman–Crippen LogP) is 2.76. The Morgan fingerprint density at radius 2 is 2.24 bits per heavy atom. The molecular weight excluding hydrogens is 321 g/mol. The number of pyridine rings is 1. The zero-order chi connectivity index (χ0) is 17.2. The fourth-order valence-corrected chi connectivity index (χ4v) is 3.45. The average Bonchev–Trinajstić information content (AvgIpc) is 3.12. The number of halogens is 1. The lowest BCUT2D eigenvalue weighted by Gasteiger charge is -2.19. The van der Waals surface area contributed by atoms with Gasteiger partial charge in [0.2, 0.25) is 5.91 Å². The molecule has 1 fully saturated rings. The van der Waals surface area contributed by atoms with Gasteiger partial charge in [-0.2, -0.15) is 0 Å². The molecule has 0 aliphatic carbocycles. The van der Waals surface area contributed by atoms with Crippen LogP contribution in [0.3, 0.4) is 0 Å². The van der Waals surface area contributed by atoms with Gasteiger partial charge in [-0.3, -0.25) is 9.78 Å². The van der Waals surface area contributed by atoms with Crippen molar-refractivity contribution in [1.82, 2.24) is 4.98 Å². The molecule has 0 bridgehead atoms. The maximum Gasteiger partial charge on any atom is 0.229 e. The van der Waals surface area contributed by atoms with E-state index < -0.39 is 0 Å². The highest BCUT2D eigenvalue weighted by molar-refractivity contribution is 5.93. The highest BCUT2D eigenvalue weighted by Crippen LogP contribution is 2.27. The second-order valence-electron chi connectivity index (χ2n) is 6.50. The van der Waals surface area contributed by atoms with Crippen molar-refractivity contribution in [3.63, 3.8) is 0 Å². The number of carbonyl (C=O) groups is 1. The number of rotatable bonds is 3. The first-order valence-electron chi connectivity index (χ1n) is 8.56. The Hall–Kier alpha value is -2.47. The zero-order valence-electron chi connectivity index (χ0n) is 13.9. The third kappa shape index (κ3) is 3.35. The molecule has 2 aliphatic rings. The van der Waals surface area contributed by atoms with Crippen LogP contribution in [0.15, 0.2) is 36.5 Å². The standard InChI is InChI=1S/C19H20FN3O2/c20-16-3-1-2-4-18(16)23-7-5-13(11-23)19(24)22-15-9-14-12-25-8-6-17(14)21-10-15/h1-4,9-10,13H,5-8,11-12H2,(H,22,24). The van der Waals surface area contributed by atoms with Crippen LogP contribution in [0.2, 0.25) is 0 Å². The van der Waals surface area contributed by atoms with Gasteiger partial charge >= 0.3 is 0 Å². The second kappa shape index (κ2) is 6.80. The Morgan fingerprint density at radius 3 is 3.12 bits per heavy atom. The van der Waals surface area contributed by atoms with E-state index in [0.29, 0.717) is 44.1 Å². The SMILES string of the molecule is O=C(Nc1cnc2c(c1)COCC2)C1CCN(c2ccccc2F)C1. The first-order valence-corrected chi connectivity index (χ1v) is 8.56. The molecule has 1 aromatic heterocycles. The molecule has 2 aromatic rings. The summed E-state index contributed by atoms with van der Waals surface area (Å²) in [6.45, 7) is 2.43. The third-order valence-electron chi connectivity index (χ3n) is 4.82. The van der Waals surface area contributed by atoms with Gasteiger partial charge < -0.3 is 15.0 Å². The summed E-state index contributed by atoms with van der Waals surface area (Å²) in [5.41, 5.74) is 3.32. The predicted molar refractivity (Wildman–Crippen MR) is 92.9 cm³/mol. The maximum absolute atomic E-state index is 13.9. The number of nitrogens with one attached hydrogen (secondary N) is 1. The van der Waals surface area contributed by atoms with Crippen LogP contribution in [0, 0.1) is 11.7 Å². The van der Waals surface area contributed by atoms with Crippen molar-refractivity contribution in [1.29, 1.82) is 0 Å². The van der Waals surface area contributed by atoms with Gasteiger partial charge in [0.05, 0.1) is 36.7 Å². The van der Waals surface area contributed by atoms with Crippen LogP contribution >= 0.6 is 0 Å². The number of amides is 1. The minimum atomic E-state index is -0.248. The number of benzene rings is 1. The van der Waals surface area contributed by atoms with E-state index in [1.165, 1.54) is 6.07 Å². The van der Waals surface area contributed by atoms with Crippen molar-refractivity contribution >= 4 is 17.3 Å². The van der Waals surface area contributed by atoms with Crippen LogP contribution in [-0.2, 0) is 22.6 Å². The fraction of sp³-hybridized carbons (Fsp3) is 0.368. The van der Waals surface area contributed by atoms with E-state index in [4.69, 9.17) is 4.74 Å². The Labute approximate surface area is 145 Å². The number of ether oxygens (including phenoxy) is 1. The van der Waals surface area contributed by atoms with Gasteiger partial charge in [0, 0.05) is 30.8 Å². The van der Waals surface area contributed by atoms with Crippen molar-refractivity contribution in [2.24, 2.45) is 5.92 Å². The smallest absolute Gasteiger partial charge is 0.229 e. The van der Waals surface area contributed by atoms with Gasteiger partial charge in [0.25, 0.3) is 0 Å². The van der Waals surface area contributed by atoms with Crippen molar-refractivity contribution in [3.8, 4) is 0 Å². The Bertz CT molecular complexity index is 796. The highest BCUT2D eigenvalue weighted by Gasteiger charge is 2.29. The van der Waals surface area contributed by atoms with Crippen molar-refractivity contribution < 1.29 is 13.9 Å². The van der Waals surface area contributed by atoms with E-state index in [9.17, 15) is 9.18 Å². The molecule has 2 aliphatic heterocycles. The number of anilines is 2. The summed E-state index contributed by atoms with van der Waals surface area (Å²) >= 11 is 0. The summed E-state index contributed by atoms with van der Waals surface area (Å²) in [7, 11) is 0. The van der Waals surface area contributed by atoms with Crippen molar-refractivity contribution in [2.75, 3.05) is 29.9 Å². The Morgan fingerprint density at radius 1 is 1.36 bits per heavy atom. The van der Waals surface area contributed by atoms with Crippen LogP contribution in [0.25, 0.3) is 0 Å². The molecular formula is C19H20FN3O2. The number of hydrogen-bond donors (Lipinski definition) is 1. The molecule has 5 nitrogen and oxygen atoms in total. The molecule has 3 heterocycles. The normalized spacial score (nSPS) is 19.6. The lowest BCUT2D eigenvalue weighted by molar-refractivity contribution is -0.119. The van der Waals surface area contributed by atoms with Gasteiger partial charge in [-0.15, -0.1) is 0 Å². The summed E-state index contributed by atoms with van der Waals surface area (Å²) in [4.78, 5) is 18.9. The Balaban J connectivity index is 1.41. The fourth-order valence-electron chi connectivity index (χ4n) is 3.45. The number of aromatic nitrogens is 1. The van der Waals surface area contributed by atoms with Crippen molar-refractivity contribution in [3.05, 3.63) is 53.6 Å². The largest absolute Gasteiger partial charge is 0.376 e. The van der Waals surface area contributed by atoms with Crippen LogP contribution in [-0.4, -0.2) is 30.6 Å². The molecule has 0 spiro atoms. The van der Waals surface area contributed by atoms with E-state index in [0.717, 1.165) is 17.7 Å². The van der Waals surface area contributed by atoms with Crippen LogP contribution in [0.5, 0.6) is 0 Å². The van der Waals surface area contributed by atoms with E-state index in [2.05, 4.69) is 10.3 Å². The van der Waals surface area contributed by atoms with E-state index in [-0.39, 0.29) is 17.6 Å². The first kappa shape index (κ1) is 16.0. The van der Waals surface area contributed by atoms with Crippen LogP contribution in [0.1, 0.15) is 17.7 Å². The summed E-state index contributed by atoms with van der Waals surface area (Å²) in [5.74, 6) is -0.452. The minimum absolute atomic E-state index is 0.0442. The molecule has 130 valence electrons. The van der Waals surface area contributed by atoms with E-state index >= 15 is 0 Å². The summed E-state index contributed by atoms with van der Waals surface area (Å²) in [6, 6.07) is 8.62. The van der Waals surface area contributed by atoms with Gasteiger partial charge in [-0.25, -0.2) is 4.39 Å². The third-order valence-corrected chi connectivity index (χ3v) is 4.82. The van der Waals surface area contributed by atoms with Gasteiger partial charge in [-0.05, 0) is 24.6 Å². The second-order valence-corrected chi connectivity index (χ2v) is 6.50. The van der Waals surface area contributed by atoms with E-state index in [1.54, 1.807) is 18.3 Å².